The van der Waals surface area contributed by atoms with E-state index in [1.807, 2.05) is 47.9 Å². The number of Topliss-reactive ketones (excluding diaryl/α,β-unsaturated/α-hetero) is 1. The Kier molecular flexibility index (Phi) is 4.04. The number of nitrogens with zero attached hydrogens (tertiary/aromatic N) is 1. The minimum Gasteiger partial charge on any atom is -0.478 e. The first-order valence-corrected chi connectivity index (χ1v) is 7.61. The Bertz CT molecular complexity index is 923. The van der Waals surface area contributed by atoms with Crippen LogP contribution in [0.5, 0.6) is 0 Å². The van der Waals surface area contributed by atoms with E-state index < -0.39 is 5.97 Å². The average molecular weight is 319 g/mol. The molecule has 0 fully saturated rings. The molecule has 0 aliphatic carbocycles. The zero-order valence-electron chi connectivity index (χ0n) is 13.5. The van der Waals surface area contributed by atoms with Gasteiger partial charge < -0.3 is 9.67 Å². The van der Waals surface area contributed by atoms with E-state index in [2.05, 4.69) is 0 Å². The monoisotopic (exact) mass is 319 g/mol. The van der Waals surface area contributed by atoms with Crippen molar-refractivity contribution in [2.24, 2.45) is 0 Å². The predicted molar refractivity (Wildman–Crippen MR) is 92.9 cm³/mol. The van der Waals surface area contributed by atoms with Crippen LogP contribution < -0.4 is 0 Å². The number of hydrogen-bond donors (Lipinski definition) is 1. The second kappa shape index (κ2) is 6.16. The molecular formula is C20H17NO3. The summed E-state index contributed by atoms with van der Waals surface area (Å²) >= 11 is 0. The van der Waals surface area contributed by atoms with E-state index in [9.17, 15) is 14.7 Å². The van der Waals surface area contributed by atoms with E-state index in [0.717, 1.165) is 16.9 Å². The molecule has 4 heteroatoms. The maximum atomic E-state index is 11.7. The van der Waals surface area contributed by atoms with E-state index >= 15 is 0 Å². The maximum Gasteiger partial charge on any atom is 0.337 e. The summed E-state index contributed by atoms with van der Waals surface area (Å²) in [7, 11) is 0. The van der Waals surface area contributed by atoms with Crippen LogP contribution in [0, 0.1) is 6.92 Å². The van der Waals surface area contributed by atoms with Crippen molar-refractivity contribution in [3.05, 3.63) is 77.5 Å². The van der Waals surface area contributed by atoms with Gasteiger partial charge in [0.1, 0.15) is 0 Å². The zero-order chi connectivity index (χ0) is 17.3. The van der Waals surface area contributed by atoms with Crippen LogP contribution in [0.25, 0.3) is 16.9 Å². The van der Waals surface area contributed by atoms with Gasteiger partial charge in [-0.1, -0.05) is 42.5 Å². The number of aromatic nitrogens is 1. The van der Waals surface area contributed by atoms with Crippen molar-refractivity contribution in [3.63, 3.8) is 0 Å². The molecule has 4 nitrogen and oxygen atoms in total. The van der Waals surface area contributed by atoms with Crippen LogP contribution in [0.2, 0.25) is 0 Å². The van der Waals surface area contributed by atoms with Gasteiger partial charge in [0.15, 0.2) is 5.78 Å². The molecule has 0 amide bonds. The van der Waals surface area contributed by atoms with Crippen molar-refractivity contribution in [2.75, 3.05) is 0 Å². The molecule has 0 unspecified atom stereocenters. The van der Waals surface area contributed by atoms with Crippen molar-refractivity contribution in [1.29, 1.82) is 0 Å². The number of carbonyl (C=O) groups is 2. The summed E-state index contributed by atoms with van der Waals surface area (Å²) in [5, 5.41) is 9.59. The molecule has 1 aromatic heterocycles. The van der Waals surface area contributed by atoms with Crippen molar-refractivity contribution >= 4 is 11.8 Å². The molecule has 0 saturated carbocycles. The van der Waals surface area contributed by atoms with Gasteiger partial charge in [0, 0.05) is 16.9 Å². The summed E-state index contributed by atoms with van der Waals surface area (Å²) in [4.78, 5) is 23.4. The number of hydrogen-bond acceptors (Lipinski definition) is 2. The van der Waals surface area contributed by atoms with Crippen molar-refractivity contribution < 1.29 is 14.7 Å². The molecule has 120 valence electrons. The lowest BCUT2D eigenvalue weighted by Gasteiger charge is -2.13. The maximum absolute atomic E-state index is 11.7. The van der Waals surface area contributed by atoms with Gasteiger partial charge in [-0.05, 0) is 37.6 Å². The lowest BCUT2D eigenvalue weighted by atomic mass is 10.1. The molecule has 0 radical (unpaired) electrons. The fourth-order valence-corrected chi connectivity index (χ4v) is 2.88. The molecule has 1 heterocycles. The van der Waals surface area contributed by atoms with Gasteiger partial charge >= 0.3 is 5.97 Å². The second-order valence-corrected chi connectivity index (χ2v) is 5.66. The Morgan fingerprint density at radius 1 is 0.958 bits per heavy atom. The first-order chi connectivity index (χ1) is 11.5. The van der Waals surface area contributed by atoms with Crippen molar-refractivity contribution in [1.82, 2.24) is 4.57 Å². The topological polar surface area (TPSA) is 59.3 Å². The number of rotatable bonds is 4. The van der Waals surface area contributed by atoms with E-state index in [-0.39, 0.29) is 11.3 Å². The van der Waals surface area contributed by atoms with E-state index in [4.69, 9.17) is 0 Å². The van der Waals surface area contributed by atoms with Crippen LogP contribution in [0.3, 0.4) is 0 Å². The van der Waals surface area contributed by atoms with Gasteiger partial charge in [-0.2, -0.15) is 0 Å². The molecule has 3 aromatic rings. The number of aromatic carboxylic acids is 1. The number of carboxylic acids is 1. The number of carboxylic acid groups (broad SMARTS) is 1. The number of ketones is 1. The third-order valence-corrected chi connectivity index (χ3v) is 3.97. The lowest BCUT2D eigenvalue weighted by Crippen LogP contribution is -2.04. The third kappa shape index (κ3) is 2.74. The van der Waals surface area contributed by atoms with Crippen molar-refractivity contribution in [3.8, 4) is 16.9 Å². The van der Waals surface area contributed by atoms with Crippen LogP contribution in [0.15, 0.2) is 60.7 Å². The molecule has 1 N–H and O–H groups in total. The molecule has 3 rings (SSSR count). The molecular weight excluding hydrogens is 302 g/mol. The molecule has 0 aliphatic rings. The smallest absolute Gasteiger partial charge is 0.337 e. The highest BCUT2D eigenvalue weighted by Gasteiger charge is 2.20. The summed E-state index contributed by atoms with van der Waals surface area (Å²) in [6.45, 7) is 3.38. The summed E-state index contributed by atoms with van der Waals surface area (Å²) in [5.41, 5.74) is 3.83. The van der Waals surface area contributed by atoms with Crippen molar-refractivity contribution in [2.45, 2.75) is 13.8 Å². The third-order valence-electron chi connectivity index (χ3n) is 3.97. The van der Waals surface area contributed by atoms with Crippen LogP contribution in [-0.2, 0) is 0 Å². The minimum atomic E-state index is -0.974. The Morgan fingerprint density at radius 2 is 1.67 bits per heavy atom. The highest BCUT2D eigenvalue weighted by Crippen LogP contribution is 2.31. The van der Waals surface area contributed by atoms with Gasteiger partial charge in [0.2, 0.25) is 0 Å². The molecule has 0 bridgehead atoms. The second-order valence-electron chi connectivity index (χ2n) is 5.66. The quantitative estimate of drug-likeness (QED) is 0.727. The van der Waals surface area contributed by atoms with Gasteiger partial charge in [-0.3, -0.25) is 4.79 Å². The molecule has 24 heavy (non-hydrogen) atoms. The van der Waals surface area contributed by atoms with Crippen LogP contribution in [-0.4, -0.2) is 21.4 Å². The van der Waals surface area contributed by atoms with E-state index in [0.29, 0.717) is 11.3 Å². The molecule has 2 aromatic carbocycles. The molecule has 0 saturated heterocycles. The first-order valence-electron chi connectivity index (χ1n) is 7.61. The summed E-state index contributed by atoms with van der Waals surface area (Å²) in [6, 6.07) is 18.3. The average Bonchev–Trinajstić information content (AvgIpc) is 2.93. The largest absolute Gasteiger partial charge is 0.478 e. The Morgan fingerprint density at radius 3 is 2.29 bits per heavy atom. The van der Waals surface area contributed by atoms with Crippen LogP contribution >= 0.6 is 0 Å². The minimum absolute atomic E-state index is 0.0265. The lowest BCUT2D eigenvalue weighted by molar-refractivity contribution is 0.0697. The van der Waals surface area contributed by atoms with Gasteiger partial charge in [0.05, 0.1) is 11.3 Å². The SMILES string of the molecule is CC(=O)c1cccc(-n2c(C)cc(C(=O)O)c2-c2ccccc2)c1. The summed E-state index contributed by atoms with van der Waals surface area (Å²) < 4.78 is 1.88. The number of benzene rings is 2. The number of aryl methyl sites for hydroxylation is 1. The Hall–Kier alpha value is -3.14. The Balaban J connectivity index is 2.31. The van der Waals surface area contributed by atoms with Gasteiger partial charge in [-0.25, -0.2) is 4.79 Å². The molecule has 0 atom stereocenters. The standard InChI is InChI=1S/C20H17NO3/c1-13-11-18(20(23)24)19(15-7-4-3-5-8-15)21(13)17-10-6-9-16(12-17)14(2)22/h3-12H,1-2H3,(H,23,24). The predicted octanol–water partition coefficient (Wildman–Crippen LogP) is 4.35. The number of carbonyl (C=O) groups excluding carboxylic acids is 1. The summed E-state index contributed by atoms with van der Waals surface area (Å²) in [5.74, 6) is -1.00. The highest BCUT2D eigenvalue weighted by atomic mass is 16.4. The van der Waals surface area contributed by atoms with Gasteiger partial charge in [0.25, 0.3) is 0 Å². The highest BCUT2D eigenvalue weighted by molar-refractivity contribution is 5.97. The van der Waals surface area contributed by atoms with E-state index in [1.165, 1.54) is 6.92 Å². The fraction of sp³-hybridized carbons (Fsp3) is 0.100. The zero-order valence-corrected chi connectivity index (χ0v) is 13.5. The normalized spacial score (nSPS) is 10.6. The Labute approximate surface area is 140 Å². The van der Waals surface area contributed by atoms with Crippen LogP contribution in [0.1, 0.15) is 33.3 Å². The van der Waals surface area contributed by atoms with Crippen LogP contribution in [0.4, 0.5) is 0 Å². The van der Waals surface area contributed by atoms with Gasteiger partial charge in [-0.15, -0.1) is 0 Å². The first kappa shape index (κ1) is 15.7. The summed E-state index contributed by atoms with van der Waals surface area (Å²) in [6.07, 6.45) is 0. The van der Waals surface area contributed by atoms with E-state index in [1.54, 1.807) is 24.3 Å². The fourth-order valence-electron chi connectivity index (χ4n) is 2.88. The molecule has 0 spiro atoms. The molecule has 0 aliphatic heterocycles.